The van der Waals surface area contributed by atoms with Crippen molar-refractivity contribution in [3.8, 4) is 5.75 Å². The van der Waals surface area contributed by atoms with Crippen LogP contribution in [0.2, 0.25) is 5.02 Å². The number of hydrogen-bond donors (Lipinski definition) is 1. The first-order chi connectivity index (χ1) is 11.9. The van der Waals surface area contributed by atoms with Crippen LogP contribution in [0.25, 0.3) is 11.0 Å². The van der Waals surface area contributed by atoms with Crippen LogP contribution < -0.4 is 10.1 Å². The summed E-state index contributed by atoms with van der Waals surface area (Å²) in [6.07, 6.45) is 1.72. The molecule has 0 bridgehead atoms. The molecule has 130 valence electrons. The lowest BCUT2D eigenvalue weighted by Gasteiger charge is -2.12. The number of hydrogen-bond acceptors (Lipinski definition) is 4. The second-order valence-electron chi connectivity index (χ2n) is 6.02. The van der Waals surface area contributed by atoms with E-state index in [2.05, 4.69) is 15.4 Å². The zero-order valence-electron chi connectivity index (χ0n) is 14.5. The highest BCUT2D eigenvalue weighted by Crippen LogP contribution is 2.28. The van der Waals surface area contributed by atoms with E-state index in [9.17, 15) is 4.79 Å². The van der Waals surface area contributed by atoms with E-state index in [0.717, 1.165) is 11.0 Å². The zero-order valence-corrected chi connectivity index (χ0v) is 15.3. The lowest BCUT2D eigenvalue weighted by Crippen LogP contribution is -2.15. The minimum atomic E-state index is -0.273. The Hall–Kier alpha value is -2.60. The first-order valence-corrected chi connectivity index (χ1v) is 8.28. The van der Waals surface area contributed by atoms with Crippen LogP contribution in [0.1, 0.15) is 35.9 Å². The number of nitrogens with one attached hydrogen (secondary N) is 1. The van der Waals surface area contributed by atoms with E-state index in [0.29, 0.717) is 27.7 Å². The number of aromatic nitrogens is 3. The first-order valence-electron chi connectivity index (χ1n) is 7.90. The fourth-order valence-corrected chi connectivity index (χ4v) is 2.81. The molecule has 3 rings (SSSR count). The number of fused-ring (bicyclic) bond motifs is 1. The molecular formula is C18H19ClN4O2. The number of benzene rings is 1. The van der Waals surface area contributed by atoms with Gasteiger partial charge in [-0.2, -0.15) is 5.10 Å². The van der Waals surface area contributed by atoms with Crippen LogP contribution >= 0.6 is 11.6 Å². The van der Waals surface area contributed by atoms with Gasteiger partial charge in [-0.05, 0) is 45.0 Å². The molecular weight excluding hydrogens is 340 g/mol. The van der Waals surface area contributed by atoms with E-state index in [1.807, 2.05) is 18.5 Å². The molecule has 25 heavy (non-hydrogen) atoms. The minimum Gasteiger partial charge on any atom is -0.495 e. The highest BCUT2D eigenvalue weighted by molar-refractivity contribution is 6.31. The third-order valence-electron chi connectivity index (χ3n) is 3.90. The number of aryl methyl sites for hydroxylation is 1. The smallest absolute Gasteiger partial charge is 0.257 e. The van der Waals surface area contributed by atoms with Crippen molar-refractivity contribution >= 4 is 34.2 Å². The molecule has 6 nitrogen and oxygen atoms in total. The van der Waals surface area contributed by atoms with Gasteiger partial charge in [-0.25, -0.2) is 9.67 Å². The molecule has 0 aliphatic rings. The molecule has 3 aromatic rings. The van der Waals surface area contributed by atoms with Crippen molar-refractivity contribution in [1.82, 2.24) is 14.8 Å². The Balaban J connectivity index is 1.98. The SMILES string of the molecule is COc1ccc(Cl)cc1NC(=O)c1cc2cnn(C(C)C)c2nc1C. The van der Waals surface area contributed by atoms with E-state index in [-0.39, 0.29) is 11.9 Å². The Morgan fingerprint density at radius 3 is 2.76 bits per heavy atom. The molecule has 1 aromatic carbocycles. The predicted molar refractivity (Wildman–Crippen MR) is 98.6 cm³/mol. The molecule has 0 fully saturated rings. The van der Waals surface area contributed by atoms with Crippen LogP contribution in [0.3, 0.4) is 0 Å². The van der Waals surface area contributed by atoms with Crippen molar-refractivity contribution in [2.45, 2.75) is 26.8 Å². The monoisotopic (exact) mass is 358 g/mol. The molecule has 0 saturated heterocycles. The molecule has 0 saturated carbocycles. The summed E-state index contributed by atoms with van der Waals surface area (Å²) in [5, 5.41) is 8.52. The van der Waals surface area contributed by atoms with Crippen molar-refractivity contribution in [2.24, 2.45) is 0 Å². The second-order valence-corrected chi connectivity index (χ2v) is 6.45. The molecule has 2 aromatic heterocycles. The summed E-state index contributed by atoms with van der Waals surface area (Å²) in [5.41, 5.74) is 2.40. The molecule has 0 unspecified atom stereocenters. The Bertz CT molecular complexity index is 950. The zero-order chi connectivity index (χ0) is 18.1. The molecule has 0 atom stereocenters. The number of nitrogens with zero attached hydrogens (tertiary/aromatic N) is 3. The summed E-state index contributed by atoms with van der Waals surface area (Å²) in [6, 6.07) is 7.06. The highest BCUT2D eigenvalue weighted by atomic mass is 35.5. The molecule has 7 heteroatoms. The molecule has 0 spiro atoms. The van der Waals surface area contributed by atoms with E-state index < -0.39 is 0 Å². The second kappa shape index (κ2) is 6.72. The van der Waals surface area contributed by atoms with E-state index in [1.54, 1.807) is 37.4 Å². The number of halogens is 1. The fraction of sp³-hybridized carbons (Fsp3) is 0.278. The van der Waals surface area contributed by atoms with Crippen molar-refractivity contribution in [3.63, 3.8) is 0 Å². The van der Waals surface area contributed by atoms with Gasteiger partial charge in [-0.15, -0.1) is 0 Å². The maximum atomic E-state index is 12.7. The average Bonchev–Trinajstić information content (AvgIpc) is 2.97. The predicted octanol–water partition coefficient (Wildman–Crippen LogP) is 4.23. The topological polar surface area (TPSA) is 69.0 Å². The van der Waals surface area contributed by atoms with Gasteiger partial charge in [-0.3, -0.25) is 4.79 Å². The molecule has 0 aliphatic heterocycles. The van der Waals surface area contributed by atoms with Gasteiger partial charge in [0.15, 0.2) is 5.65 Å². The van der Waals surface area contributed by atoms with E-state index in [4.69, 9.17) is 16.3 Å². The number of rotatable bonds is 4. The number of amides is 1. The molecule has 1 amide bonds. The maximum Gasteiger partial charge on any atom is 0.257 e. The molecule has 0 aliphatic carbocycles. The van der Waals surface area contributed by atoms with Crippen molar-refractivity contribution in [1.29, 1.82) is 0 Å². The summed E-state index contributed by atoms with van der Waals surface area (Å²) >= 11 is 6.01. The summed E-state index contributed by atoms with van der Waals surface area (Å²) in [7, 11) is 1.54. The van der Waals surface area contributed by atoms with Gasteiger partial charge < -0.3 is 10.1 Å². The summed E-state index contributed by atoms with van der Waals surface area (Å²) < 4.78 is 7.10. The Morgan fingerprint density at radius 2 is 2.08 bits per heavy atom. The number of ether oxygens (including phenoxy) is 1. The van der Waals surface area contributed by atoms with Gasteiger partial charge in [0.25, 0.3) is 5.91 Å². The average molecular weight is 359 g/mol. The van der Waals surface area contributed by atoms with Gasteiger partial charge in [-0.1, -0.05) is 11.6 Å². The van der Waals surface area contributed by atoms with E-state index >= 15 is 0 Å². The number of pyridine rings is 1. The van der Waals surface area contributed by atoms with Crippen LogP contribution in [0.4, 0.5) is 5.69 Å². The van der Waals surface area contributed by atoms with Gasteiger partial charge >= 0.3 is 0 Å². The number of carbonyl (C=O) groups is 1. The molecule has 2 heterocycles. The van der Waals surface area contributed by atoms with Crippen LogP contribution in [0.15, 0.2) is 30.5 Å². The molecule has 0 radical (unpaired) electrons. The maximum absolute atomic E-state index is 12.7. The highest BCUT2D eigenvalue weighted by Gasteiger charge is 2.17. The Kier molecular flexibility index (Phi) is 4.63. The number of carbonyl (C=O) groups excluding carboxylic acids is 1. The Morgan fingerprint density at radius 1 is 1.32 bits per heavy atom. The lowest BCUT2D eigenvalue weighted by molar-refractivity contribution is 0.102. The first kappa shape index (κ1) is 17.2. The largest absolute Gasteiger partial charge is 0.495 e. The summed E-state index contributed by atoms with van der Waals surface area (Å²) in [6.45, 7) is 5.88. The third-order valence-corrected chi connectivity index (χ3v) is 4.14. The van der Waals surface area contributed by atoms with Crippen LogP contribution in [-0.2, 0) is 0 Å². The van der Waals surface area contributed by atoms with Gasteiger partial charge in [0.2, 0.25) is 0 Å². The Labute approximate surface area is 150 Å². The van der Waals surface area contributed by atoms with Crippen LogP contribution in [-0.4, -0.2) is 27.8 Å². The van der Waals surface area contributed by atoms with Gasteiger partial charge in [0, 0.05) is 16.5 Å². The summed E-state index contributed by atoms with van der Waals surface area (Å²) in [4.78, 5) is 17.3. The standard InChI is InChI=1S/C18H19ClN4O2/c1-10(2)23-17-12(9-20-23)7-14(11(3)21-17)18(24)22-15-8-13(19)5-6-16(15)25-4/h5-10H,1-4H3,(H,22,24). The van der Waals surface area contributed by atoms with Crippen molar-refractivity contribution in [2.75, 3.05) is 12.4 Å². The van der Waals surface area contributed by atoms with Crippen LogP contribution in [0, 0.1) is 6.92 Å². The normalized spacial score (nSPS) is 11.1. The fourth-order valence-electron chi connectivity index (χ4n) is 2.64. The minimum absolute atomic E-state index is 0.194. The van der Waals surface area contributed by atoms with Gasteiger partial charge in [0.1, 0.15) is 5.75 Å². The van der Waals surface area contributed by atoms with Gasteiger partial charge in [0.05, 0.1) is 30.3 Å². The van der Waals surface area contributed by atoms with Crippen molar-refractivity contribution < 1.29 is 9.53 Å². The lowest BCUT2D eigenvalue weighted by atomic mass is 10.1. The quantitative estimate of drug-likeness (QED) is 0.757. The molecule has 1 N–H and O–H groups in total. The van der Waals surface area contributed by atoms with Crippen LogP contribution in [0.5, 0.6) is 5.75 Å². The summed E-state index contributed by atoms with van der Waals surface area (Å²) in [5.74, 6) is 0.266. The number of methoxy groups -OCH3 is 1. The third kappa shape index (κ3) is 3.30. The van der Waals surface area contributed by atoms with Crippen molar-refractivity contribution in [3.05, 3.63) is 46.7 Å². The number of anilines is 1. The van der Waals surface area contributed by atoms with E-state index in [1.165, 1.54) is 7.11 Å².